The molecule has 1 heterocycles. The Labute approximate surface area is 71.5 Å². The van der Waals surface area contributed by atoms with E-state index in [0.29, 0.717) is 7.92 Å². The fourth-order valence-electron chi connectivity index (χ4n) is 2.84. The van der Waals surface area contributed by atoms with Crippen molar-refractivity contribution in [3.63, 3.8) is 0 Å². The normalized spacial score (nSPS) is 50.7. The molecular formula is C10H19P. The third-order valence-corrected chi connectivity index (χ3v) is 7.03. The van der Waals surface area contributed by atoms with Gasteiger partial charge < -0.3 is 0 Å². The van der Waals surface area contributed by atoms with Crippen molar-refractivity contribution in [2.75, 3.05) is 12.8 Å². The maximum atomic E-state index is 2.55. The second-order valence-corrected chi connectivity index (χ2v) is 7.59. The van der Waals surface area contributed by atoms with Gasteiger partial charge in [-0.3, -0.25) is 0 Å². The molecule has 64 valence electrons. The van der Waals surface area contributed by atoms with E-state index in [1.165, 1.54) is 12.8 Å². The lowest BCUT2D eigenvalue weighted by Crippen LogP contribution is -2.35. The third kappa shape index (κ3) is 1.35. The van der Waals surface area contributed by atoms with Crippen molar-refractivity contribution in [3.05, 3.63) is 0 Å². The molecule has 3 atom stereocenters. The Morgan fingerprint density at radius 1 is 1.36 bits per heavy atom. The monoisotopic (exact) mass is 170 g/mol. The van der Waals surface area contributed by atoms with E-state index in [2.05, 4.69) is 13.6 Å². The Hall–Kier alpha value is 0.430. The molecule has 1 heteroatoms. The van der Waals surface area contributed by atoms with Crippen LogP contribution in [0.4, 0.5) is 0 Å². The van der Waals surface area contributed by atoms with Gasteiger partial charge in [0.1, 0.15) is 0 Å². The predicted molar refractivity (Wildman–Crippen MR) is 52.7 cm³/mol. The summed E-state index contributed by atoms with van der Waals surface area (Å²) in [5.41, 5.74) is 0. The van der Waals surface area contributed by atoms with Gasteiger partial charge in [0.2, 0.25) is 0 Å². The maximum Gasteiger partial charge on any atom is -0.0123 e. The van der Waals surface area contributed by atoms with Gasteiger partial charge >= 0.3 is 0 Å². The van der Waals surface area contributed by atoms with Crippen LogP contribution in [0.1, 0.15) is 39.0 Å². The Morgan fingerprint density at radius 3 is 2.91 bits per heavy atom. The number of hydrogen-bond donors (Lipinski definition) is 0. The second-order valence-electron chi connectivity index (χ2n) is 4.67. The zero-order chi connectivity index (χ0) is 7.90. The van der Waals surface area contributed by atoms with E-state index in [4.69, 9.17) is 0 Å². The van der Waals surface area contributed by atoms with Crippen LogP contribution in [0.3, 0.4) is 0 Å². The highest BCUT2D eigenvalue weighted by molar-refractivity contribution is 7.58. The van der Waals surface area contributed by atoms with E-state index in [9.17, 15) is 0 Å². The number of rotatable bonds is 0. The van der Waals surface area contributed by atoms with Crippen LogP contribution in [-0.2, 0) is 0 Å². The van der Waals surface area contributed by atoms with Crippen molar-refractivity contribution in [1.29, 1.82) is 0 Å². The van der Waals surface area contributed by atoms with Crippen molar-refractivity contribution in [2.24, 2.45) is 5.92 Å². The predicted octanol–water partition coefficient (Wildman–Crippen LogP) is 3.45. The first-order valence-electron chi connectivity index (χ1n) is 4.92. The van der Waals surface area contributed by atoms with E-state index in [0.717, 1.165) is 11.1 Å². The lowest BCUT2D eigenvalue weighted by molar-refractivity contribution is 0.284. The van der Waals surface area contributed by atoms with Gasteiger partial charge in [-0.1, -0.05) is 19.8 Å². The van der Waals surface area contributed by atoms with Gasteiger partial charge in [0.25, 0.3) is 0 Å². The standard InChI is InChI=1S/C10H19P/c1-10-6-3-4-9(8-10)5-7-11(10)2/h9H,3-8H2,1-2H3. The summed E-state index contributed by atoms with van der Waals surface area (Å²) >= 11 is 0. The fraction of sp³-hybridized carbons (Fsp3) is 1.00. The van der Waals surface area contributed by atoms with Gasteiger partial charge in [-0.05, 0) is 43.2 Å². The molecule has 2 bridgehead atoms. The summed E-state index contributed by atoms with van der Waals surface area (Å²) in [6, 6.07) is 0. The van der Waals surface area contributed by atoms with Crippen LogP contribution < -0.4 is 0 Å². The molecule has 2 rings (SSSR count). The van der Waals surface area contributed by atoms with Gasteiger partial charge in [0.15, 0.2) is 0 Å². The summed E-state index contributed by atoms with van der Waals surface area (Å²) < 4.78 is 0. The quantitative estimate of drug-likeness (QED) is 0.488. The molecule has 3 unspecified atom stereocenters. The Morgan fingerprint density at radius 2 is 2.18 bits per heavy atom. The van der Waals surface area contributed by atoms with E-state index < -0.39 is 0 Å². The molecule has 1 aliphatic carbocycles. The topological polar surface area (TPSA) is 0 Å². The van der Waals surface area contributed by atoms with E-state index >= 15 is 0 Å². The van der Waals surface area contributed by atoms with E-state index in [1.807, 2.05) is 0 Å². The van der Waals surface area contributed by atoms with Crippen LogP contribution in [-0.4, -0.2) is 18.0 Å². The van der Waals surface area contributed by atoms with Crippen LogP contribution in [0.15, 0.2) is 0 Å². The molecular weight excluding hydrogens is 151 g/mol. The van der Waals surface area contributed by atoms with E-state index in [1.54, 1.807) is 25.4 Å². The zero-order valence-electron chi connectivity index (χ0n) is 7.77. The minimum Gasteiger partial charge on any atom is -0.104 e. The minimum absolute atomic E-state index is 0.387. The Kier molecular flexibility index (Phi) is 2.00. The summed E-state index contributed by atoms with van der Waals surface area (Å²) in [7, 11) is 0.387. The molecule has 0 spiro atoms. The van der Waals surface area contributed by atoms with Crippen molar-refractivity contribution in [1.82, 2.24) is 0 Å². The first-order valence-corrected chi connectivity index (χ1v) is 6.89. The molecule has 0 aromatic carbocycles. The molecule has 0 amide bonds. The number of hydrogen-bond acceptors (Lipinski definition) is 0. The second kappa shape index (κ2) is 2.73. The molecule has 0 aromatic heterocycles. The third-order valence-electron chi connectivity index (χ3n) is 3.85. The molecule has 1 aliphatic heterocycles. The summed E-state index contributed by atoms with van der Waals surface area (Å²) in [6.45, 7) is 5.07. The first kappa shape index (κ1) is 8.05. The minimum atomic E-state index is 0.387. The van der Waals surface area contributed by atoms with Gasteiger partial charge in [-0.25, -0.2) is 0 Å². The largest absolute Gasteiger partial charge is 0.104 e. The average Bonchev–Trinajstić information content (AvgIpc) is 1.98. The van der Waals surface area contributed by atoms with Crippen LogP contribution in [0.2, 0.25) is 0 Å². The van der Waals surface area contributed by atoms with Gasteiger partial charge in [-0.15, -0.1) is 7.92 Å². The lowest BCUT2D eigenvalue weighted by atomic mass is 9.80. The molecule has 1 saturated carbocycles. The summed E-state index contributed by atoms with van der Waals surface area (Å²) in [6.07, 6.45) is 9.28. The zero-order valence-corrected chi connectivity index (χ0v) is 8.66. The van der Waals surface area contributed by atoms with Gasteiger partial charge in [0.05, 0.1) is 0 Å². The maximum absolute atomic E-state index is 2.55. The molecule has 2 aliphatic rings. The highest BCUT2D eigenvalue weighted by Gasteiger charge is 2.39. The van der Waals surface area contributed by atoms with Crippen LogP contribution in [0.5, 0.6) is 0 Å². The Balaban J connectivity index is 2.13. The molecule has 0 N–H and O–H groups in total. The molecule has 1 saturated heterocycles. The molecule has 0 aromatic rings. The van der Waals surface area contributed by atoms with Crippen LogP contribution >= 0.6 is 7.92 Å². The highest BCUT2D eigenvalue weighted by Crippen LogP contribution is 2.60. The van der Waals surface area contributed by atoms with E-state index in [-0.39, 0.29) is 0 Å². The summed E-state index contributed by atoms with van der Waals surface area (Å²) in [4.78, 5) is 0. The van der Waals surface area contributed by atoms with Crippen molar-refractivity contribution < 1.29 is 0 Å². The number of fused-ring (bicyclic) bond motifs is 2. The summed E-state index contributed by atoms with van der Waals surface area (Å²) in [5.74, 6) is 1.12. The first-order chi connectivity index (χ1) is 5.21. The van der Waals surface area contributed by atoms with Crippen molar-refractivity contribution >= 4 is 7.92 Å². The Bertz CT molecular complexity index is 155. The fourth-order valence-corrected chi connectivity index (χ4v) is 5.24. The smallest absolute Gasteiger partial charge is 0.0123 e. The van der Waals surface area contributed by atoms with Crippen LogP contribution in [0.25, 0.3) is 0 Å². The lowest BCUT2D eigenvalue weighted by Gasteiger charge is -2.47. The average molecular weight is 170 g/mol. The summed E-state index contributed by atoms with van der Waals surface area (Å²) in [5, 5.41) is 0.802. The molecule has 0 radical (unpaired) electrons. The molecule has 0 nitrogen and oxygen atoms in total. The van der Waals surface area contributed by atoms with Crippen LogP contribution in [0, 0.1) is 5.92 Å². The van der Waals surface area contributed by atoms with Gasteiger partial charge in [-0.2, -0.15) is 0 Å². The highest BCUT2D eigenvalue weighted by atomic mass is 31.1. The SMILES string of the molecule is CP1CCC2CCCC1(C)C2. The molecule has 11 heavy (non-hydrogen) atoms. The van der Waals surface area contributed by atoms with Gasteiger partial charge in [0, 0.05) is 0 Å². The van der Waals surface area contributed by atoms with Crippen molar-refractivity contribution in [2.45, 2.75) is 44.2 Å². The van der Waals surface area contributed by atoms with Crippen molar-refractivity contribution in [3.8, 4) is 0 Å². The molecule has 2 fully saturated rings.